The van der Waals surface area contributed by atoms with Gasteiger partial charge in [-0.1, -0.05) is 0 Å². The quantitative estimate of drug-likeness (QED) is 0.555. The second-order valence-corrected chi connectivity index (χ2v) is 2.03. The number of halogens is 1. The molecule has 0 saturated carbocycles. The third kappa shape index (κ3) is 0.943. The lowest BCUT2D eigenvalue weighted by Crippen LogP contribution is -1.95. The maximum Gasteiger partial charge on any atom is 0.131 e. The molecule has 0 aromatic carbocycles. The van der Waals surface area contributed by atoms with Gasteiger partial charge in [0.1, 0.15) is 6.67 Å². The van der Waals surface area contributed by atoms with E-state index in [2.05, 4.69) is 5.10 Å². The number of aryl methyl sites for hydroxylation is 2. The average molecular weight is 128 g/mol. The Kier molecular flexibility index (Phi) is 1.51. The number of alkyl halides is 1. The SMILES string of the molecule is Cc1cnn(C)c1CF. The van der Waals surface area contributed by atoms with Gasteiger partial charge >= 0.3 is 0 Å². The number of rotatable bonds is 1. The summed E-state index contributed by atoms with van der Waals surface area (Å²) in [5.41, 5.74) is 1.58. The number of hydrogen-bond donors (Lipinski definition) is 0. The zero-order valence-corrected chi connectivity index (χ0v) is 5.56. The summed E-state index contributed by atoms with van der Waals surface area (Å²) in [4.78, 5) is 0. The molecule has 0 bridgehead atoms. The first-order chi connectivity index (χ1) is 4.25. The minimum absolute atomic E-state index is 0.428. The molecule has 0 atom stereocenters. The van der Waals surface area contributed by atoms with Crippen LogP contribution >= 0.6 is 0 Å². The molecule has 0 spiro atoms. The van der Waals surface area contributed by atoms with Gasteiger partial charge in [0.05, 0.1) is 11.9 Å². The molecule has 0 saturated heterocycles. The van der Waals surface area contributed by atoms with Crippen molar-refractivity contribution in [3.8, 4) is 0 Å². The smallest absolute Gasteiger partial charge is 0.131 e. The molecule has 3 heteroatoms. The van der Waals surface area contributed by atoms with Gasteiger partial charge < -0.3 is 0 Å². The Hall–Kier alpha value is -0.860. The van der Waals surface area contributed by atoms with Crippen molar-refractivity contribution < 1.29 is 4.39 Å². The fraction of sp³-hybridized carbons (Fsp3) is 0.500. The second kappa shape index (κ2) is 2.17. The Morgan fingerprint density at radius 2 is 2.44 bits per heavy atom. The summed E-state index contributed by atoms with van der Waals surface area (Å²) < 4.78 is 13.6. The Balaban J connectivity index is 3.07. The van der Waals surface area contributed by atoms with Crippen molar-refractivity contribution in [3.05, 3.63) is 17.5 Å². The Morgan fingerprint density at radius 3 is 2.67 bits per heavy atom. The molecule has 1 aromatic rings. The fourth-order valence-electron chi connectivity index (χ4n) is 0.765. The van der Waals surface area contributed by atoms with E-state index in [0.717, 1.165) is 5.56 Å². The van der Waals surface area contributed by atoms with Gasteiger partial charge in [-0.15, -0.1) is 0 Å². The van der Waals surface area contributed by atoms with Crippen LogP contribution in [-0.2, 0) is 13.7 Å². The van der Waals surface area contributed by atoms with Gasteiger partial charge in [0.15, 0.2) is 0 Å². The summed E-state index contributed by atoms with van der Waals surface area (Å²) in [7, 11) is 1.74. The van der Waals surface area contributed by atoms with E-state index >= 15 is 0 Å². The molecule has 0 N–H and O–H groups in total. The molecule has 0 fully saturated rings. The van der Waals surface area contributed by atoms with Crippen molar-refractivity contribution in [2.24, 2.45) is 7.05 Å². The summed E-state index contributed by atoms with van der Waals surface area (Å²) in [5, 5.41) is 3.86. The normalized spacial score (nSPS) is 10.1. The Bertz CT molecular complexity index is 185. The van der Waals surface area contributed by atoms with E-state index in [1.165, 1.54) is 0 Å². The molecular weight excluding hydrogens is 119 g/mol. The maximum atomic E-state index is 12.0. The van der Waals surface area contributed by atoms with Crippen LogP contribution in [0.25, 0.3) is 0 Å². The van der Waals surface area contributed by atoms with Gasteiger partial charge in [-0.05, 0) is 12.5 Å². The fourth-order valence-corrected chi connectivity index (χ4v) is 0.765. The van der Waals surface area contributed by atoms with Gasteiger partial charge in [-0.3, -0.25) is 4.68 Å². The van der Waals surface area contributed by atoms with Crippen LogP contribution < -0.4 is 0 Å². The number of hydrogen-bond acceptors (Lipinski definition) is 1. The predicted molar refractivity (Wildman–Crippen MR) is 32.8 cm³/mol. The van der Waals surface area contributed by atoms with Crippen LogP contribution in [0.4, 0.5) is 4.39 Å². The summed E-state index contributed by atoms with van der Waals surface area (Å²) in [6.07, 6.45) is 1.66. The molecule has 2 nitrogen and oxygen atoms in total. The number of aromatic nitrogens is 2. The monoisotopic (exact) mass is 128 g/mol. The van der Waals surface area contributed by atoms with E-state index in [4.69, 9.17) is 0 Å². The molecule has 1 heterocycles. The van der Waals surface area contributed by atoms with E-state index in [0.29, 0.717) is 5.69 Å². The van der Waals surface area contributed by atoms with E-state index in [9.17, 15) is 4.39 Å². The number of nitrogens with zero attached hydrogens (tertiary/aromatic N) is 2. The van der Waals surface area contributed by atoms with E-state index in [1.807, 2.05) is 6.92 Å². The first-order valence-corrected chi connectivity index (χ1v) is 2.79. The van der Waals surface area contributed by atoms with Gasteiger partial charge in [0, 0.05) is 7.05 Å². The minimum atomic E-state index is -0.428. The predicted octanol–water partition coefficient (Wildman–Crippen LogP) is 1.20. The highest BCUT2D eigenvalue weighted by atomic mass is 19.1. The second-order valence-electron chi connectivity index (χ2n) is 2.03. The molecule has 0 aliphatic rings. The molecule has 1 rings (SSSR count). The van der Waals surface area contributed by atoms with Crippen molar-refractivity contribution in [3.63, 3.8) is 0 Å². The highest BCUT2D eigenvalue weighted by Gasteiger charge is 2.00. The van der Waals surface area contributed by atoms with Crippen LogP contribution in [0, 0.1) is 6.92 Å². The molecule has 0 amide bonds. The molecular formula is C6H9FN2. The van der Waals surface area contributed by atoms with Crippen molar-refractivity contribution in [1.29, 1.82) is 0 Å². The molecule has 50 valence electrons. The lowest BCUT2D eigenvalue weighted by molar-refractivity contribution is 0.456. The van der Waals surface area contributed by atoms with E-state index in [1.54, 1.807) is 17.9 Å². The van der Waals surface area contributed by atoms with Gasteiger partial charge in [0.2, 0.25) is 0 Å². The Morgan fingerprint density at radius 1 is 1.78 bits per heavy atom. The standard InChI is InChI=1S/C6H9FN2/c1-5-4-8-9(2)6(5)3-7/h4H,3H2,1-2H3. The molecule has 9 heavy (non-hydrogen) atoms. The Labute approximate surface area is 53.3 Å². The third-order valence-corrected chi connectivity index (χ3v) is 1.40. The molecule has 0 radical (unpaired) electrons. The van der Waals surface area contributed by atoms with Gasteiger partial charge in [0.25, 0.3) is 0 Å². The summed E-state index contributed by atoms with van der Waals surface area (Å²) in [5.74, 6) is 0. The zero-order chi connectivity index (χ0) is 6.85. The summed E-state index contributed by atoms with van der Waals surface area (Å²) in [6.45, 7) is 1.42. The van der Waals surface area contributed by atoms with Crippen LogP contribution in [0.15, 0.2) is 6.20 Å². The van der Waals surface area contributed by atoms with Crippen LogP contribution in [0.1, 0.15) is 11.3 Å². The van der Waals surface area contributed by atoms with Gasteiger partial charge in [-0.2, -0.15) is 5.10 Å². The van der Waals surface area contributed by atoms with Crippen molar-refractivity contribution in [1.82, 2.24) is 9.78 Å². The lowest BCUT2D eigenvalue weighted by Gasteiger charge is -1.94. The molecule has 0 aliphatic carbocycles. The largest absolute Gasteiger partial charge is 0.270 e. The third-order valence-electron chi connectivity index (χ3n) is 1.40. The molecule has 0 aliphatic heterocycles. The van der Waals surface area contributed by atoms with Crippen LogP contribution in [0.5, 0.6) is 0 Å². The molecule has 0 unspecified atom stereocenters. The zero-order valence-electron chi connectivity index (χ0n) is 5.56. The summed E-state index contributed by atoms with van der Waals surface area (Å²) >= 11 is 0. The molecule has 1 aromatic heterocycles. The van der Waals surface area contributed by atoms with Crippen LogP contribution in [-0.4, -0.2) is 9.78 Å². The topological polar surface area (TPSA) is 17.8 Å². The maximum absolute atomic E-state index is 12.0. The summed E-state index contributed by atoms with van der Waals surface area (Å²) in [6, 6.07) is 0. The average Bonchev–Trinajstić information content (AvgIpc) is 2.12. The lowest BCUT2D eigenvalue weighted by atomic mass is 10.3. The first-order valence-electron chi connectivity index (χ1n) is 2.79. The van der Waals surface area contributed by atoms with E-state index < -0.39 is 6.67 Å². The minimum Gasteiger partial charge on any atom is -0.270 e. The van der Waals surface area contributed by atoms with Crippen molar-refractivity contribution >= 4 is 0 Å². The van der Waals surface area contributed by atoms with E-state index in [-0.39, 0.29) is 0 Å². The first kappa shape index (κ1) is 6.26. The van der Waals surface area contributed by atoms with Crippen molar-refractivity contribution in [2.45, 2.75) is 13.6 Å². The highest BCUT2D eigenvalue weighted by molar-refractivity contribution is 5.13. The van der Waals surface area contributed by atoms with Crippen LogP contribution in [0.3, 0.4) is 0 Å². The van der Waals surface area contributed by atoms with Crippen LogP contribution in [0.2, 0.25) is 0 Å². The highest BCUT2D eigenvalue weighted by Crippen LogP contribution is 2.05. The van der Waals surface area contributed by atoms with Gasteiger partial charge in [-0.25, -0.2) is 4.39 Å². The van der Waals surface area contributed by atoms with Crippen molar-refractivity contribution in [2.75, 3.05) is 0 Å².